The largest absolute Gasteiger partial charge is 0.336 e. The summed E-state index contributed by atoms with van der Waals surface area (Å²) < 4.78 is 0. The van der Waals surface area contributed by atoms with Gasteiger partial charge in [0.05, 0.1) is 0 Å². The maximum Gasteiger partial charge on any atom is 0.124 e. The van der Waals surface area contributed by atoms with Gasteiger partial charge >= 0.3 is 0 Å². The van der Waals surface area contributed by atoms with Gasteiger partial charge in [-0.05, 0) is 27.7 Å². The van der Waals surface area contributed by atoms with Crippen LogP contribution in [0.1, 0.15) is 48.5 Å². The van der Waals surface area contributed by atoms with Crippen molar-refractivity contribution in [3.63, 3.8) is 0 Å². The molecule has 3 nitrogen and oxygen atoms in total. The number of hydrogen-bond donors (Lipinski definition) is 0. The Hall–Kier alpha value is -0.730. The van der Waals surface area contributed by atoms with Crippen molar-refractivity contribution in [3.8, 4) is 0 Å². The van der Waals surface area contributed by atoms with Crippen LogP contribution in [-0.2, 0) is 0 Å². The lowest BCUT2D eigenvalue weighted by atomic mass is 9.90. The first-order valence-electron chi connectivity index (χ1n) is 5.85. The highest BCUT2D eigenvalue weighted by Gasteiger charge is 2.39. The van der Waals surface area contributed by atoms with Crippen molar-refractivity contribution in [3.05, 3.63) is 0 Å². The lowest BCUT2D eigenvalue weighted by molar-refractivity contribution is 0.00482. The Morgan fingerprint density at radius 2 is 1.60 bits per heavy atom. The fraction of sp³-hybridized carbons (Fsp3) is 0.917. The molecule has 15 heavy (non-hydrogen) atoms. The fourth-order valence-electron chi connectivity index (χ4n) is 2.06. The van der Waals surface area contributed by atoms with Gasteiger partial charge in [-0.1, -0.05) is 20.8 Å². The average molecular weight is 211 g/mol. The molecule has 88 valence electrons. The van der Waals surface area contributed by atoms with Crippen molar-refractivity contribution in [2.24, 2.45) is 10.5 Å². The summed E-state index contributed by atoms with van der Waals surface area (Å²) >= 11 is 0. The Balaban J connectivity index is 2.93. The van der Waals surface area contributed by atoms with Crippen LogP contribution >= 0.6 is 0 Å². The molecule has 0 saturated carbocycles. The molecule has 0 spiro atoms. The molecular weight excluding hydrogens is 186 g/mol. The molecular formula is C12H25N3. The van der Waals surface area contributed by atoms with Crippen LogP contribution in [0.4, 0.5) is 0 Å². The van der Waals surface area contributed by atoms with Gasteiger partial charge in [-0.15, -0.1) is 0 Å². The molecule has 0 N–H and O–H groups in total. The Morgan fingerprint density at radius 1 is 1.07 bits per heavy atom. The maximum absolute atomic E-state index is 4.52. The molecule has 0 bridgehead atoms. The van der Waals surface area contributed by atoms with E-state index in [0.29, 0.717) is 18.2 Å². The fourth-order valence-corrected chi connectivity index (χ4v) is 2.06. The van der Waals surface area contributed by atoms with Crippen LogP contribution in [0.25, 0.3) is 0 Å². The first kappa shape index (κ1) is 12.3. The van der Waals surface area contributed by atoms with Crippen LogP contribution in [0, 0.1) is 5.41 Å². The molecule has 0 amide bonds. The quantitative estimate of drug-likeness (QED) is 0.699. The van der Waals surface area contributed by atoms with Gasteiger partial charge in [-0.2, -0.15) is 5.10 Å². The first-order chi connectivity index (χ1) is 6.75. The lowest BCUT2D eigenvalue weighted by Crippen LogP contribution is -2.52. The summed E-state index contributed by atoms with van der Waals surface area (Å²) in [6.07, 6.45) is 2.36. The third kappa shape index (κ3) is 2.44. The topological polar surface area (TPSA) is 18.8 Å². The molecule has 1 heterocycles. The highest BCUT2D eigenvalue weighted by atomic mass is 15.6. The third-order valence-electron chi connectivity index (χ3n) is 2.75. The SMILES string of the molecule is CC(C)N1C=NN(C(C)C)C1C(C)(C)C. The van der Waals surface area contributed by atoms with Crippen LogP contribution in [0.3, 0.4) is 0 Å². The second-order valence-electron chi connectivity index (χ2n) is 5.99. The van der Waals surface area contributed by atoms with Gasteiger partial charge in [0.1, 0.15) is 12.5 Å². The standard InChI is InChI=1S/C12H25N3/c1-9(2)14-8-13-15(10(3)4)11(14)12(5,6)7/h8-11H,1-7H3. The van der Waals surface area contributed by atoms with E-state index in [-0.39, 0.29) is 5.41 Å². The van der Waals surface area contributed by atoms with E-state index < -0.39 is 0 Å². The summed E-state index contributed by atoms with van der Waals surface area (Å²) in [6.45, 7) is 15.6. The average Bonchev–Trinajstić information content (AvgIpc) is 2.45. The highest BCUT2D eigenvalue weighted by Crippen LogP contribution is 2.32. The summed E-state index contributed by atoms with van der Waals surface area (Å²) in [4.78, 5) is 2.35. The lowest BCUT2D eigenvalue weighted by Gasteiger charge is -2.42. The maximum atomic E-state index is 4.52. The summed E-state index contributed by atoms with van der Waals surface area (Å²) in [5, 5.41) is 6.73. The molecule has 0 saturated heterocycles. The Morgan fingerprint density at radius 3 is 1.93 bits per heavy atom. The molecule has 1 unspecified atom stereocenters. The van der Waals surface area contributed by atoms with Gasteiger partial charge in [0.15, 0.2) is 0 Å². The Kier molecular flexibility index (Phi) is 3.31. The van der Waals surface area contributed by atoms with E-state index in [4.69, 9.17) is 0 Å². The summed E-state index contributed by atoms with van der Waals surface area (Å²) in [5.74, 6) is 0. The number of rotatable bonds is 2. The van der Waals surface area contributed by atoms with Crippen molar-refractivity contribution in [1.82, 2.24) is 9.91 Å². The first-order valence-corrected chi connectivity index (χ1v) is 5.85. The monoisotopic (exact) mass is 211 g/mol. The van der Waals surface area contributed by atoms with Crippen LogP contribution in [-0.4, -0.2) is 34.5 Å². The molecule has 0 aromatic rings. The molecule has 0 aromatic carbocycles. The Labute approximate surface area is 94.1 Å². The minimum atomic E-state index is 0.213. The van der Waals surface area contributed by atoms with E-state index in [2.05, 4.69) is 63.5 Å². The van der Waals surface area contributed by atoms with Gasteiger partial charge in [-0.25, -0.2) is 0 Å². The predicted octanol–water partition coefficient (Wildman–Crippen LogP) is 2.74. The van der Waals surface area contributed by atoms with E-state index in [1.807, 2.05) is 6.34 Å². The van der Waals surface area contributed by atoms with E-state index in [1.54, 1.807) is 0 Å². The smallest absolute Gasteiger partial charge is 0.124 e. The van der Waals surface area contributed by atoms with Crippen LogP contribution < -0.4 is 0 Å². The van der Waals surface area contributed by atoms with E-state index in [9.17, 15) is 0 Å². The van der Waals surface area contributed by atoms with Crippen molar-refractivity contribution >= 4 is 6.34 Å². The second kappa shape index (κ2) is 4.03. The zero-order valence-corrected chi connectivity index (χ0v) is 11.2. The molecule has 0 aromatic heterocycles. The van der Waals surface area contributed by atoms with Crippen LogP contribution in [0.2, 0.25) is 0 Å². The van der Waals surface area contributed by atoms with Gasteiger partial charge in [0.25, 0.3) is 0 Å². The molecule has 1 atom stereocenters. The molecule has 1 rings (SSSR count). The van der Waals surface area contributed by atoms with Gasteiger partial charge < -0.3 is 4.90 Å². The van der Waals surface area contributed by atoms with Gasteiger partial charge in [0.2, 0.25) is 0 Å². The summed E-state index contributed by atoms with van der Waals surface area (Å²) in [7, 11) is 0. The van der Waals surface area contributed by atoms with Crippen molar-refractivity contribution in [2.45, 2.75) is 66.7 Å². The van der Waals surface area contributed by atoms with Gasteiger partial charge in [0, 0.05) is 17.5 Å². The van der Waals surface area contributed by atoms with E-state index >= 15 is 0 Å². The number of hydrogen-bond acceptors (Lipinski definition) is 3. The zero-order valence-electron chi connectivity index (χ0n) is 11.2. The molecule has 0 fully saturated rings. The normalized spacial score (nSPS) is 22.3. The van der Waals surface area contributed by atoms with Crippen LogP contribution in [0.15, 0.2) is 5.10 Å². The second-order valence-corrected chi connectivity index (χ2v) is 5.99. The molecule has 0 radical (unpaired) electrons. The zero-order chi connectivity index (χ0) is 11.8. The molecule has 1 aliphatic rings. The minimum Gasteiger partial charge on any atom is -0.336 e. The molecule has 1 aliphatic heterocycles. The number of nitrogens with zero attached hydrogens (tertiary/aromatic N) is 3. The third-order valence-corrected chi connectivity index (χ3v) is 2.75. The van der Waals surface area contributed by atoms with E-state index in [0.717, 1.165) is 0 Å². The molecule has 3 heteroatoms. The summed E-state index contributed by atoms with van der Waals surface area (Å²) in [5.41, 5.74) is 0.213. The van der Waals surface area contributed by atoms with Gasteiger partial charge in [-0.3, -0.25) is 5.01 Å². The van der Waals surface area contributed by atoms with Crippen molar-refractivity contribution in [2.75, 3.05) is 0 Å². The Bertz CT molecular complexity index is 220. The van der Waals surface area contributed by atoms with E-state index in [1.165, 1.54) is 0 Å². The summed E-state index contributed by atoms with van der Waals surface area (Å²) in [6, 6.07) is 0.955. The molecule has 0 aliphatic carbocycles. The van der Waals surface area contributed by atoms with Crippen molar-refractivity contribution < 1.29 is 0 Å². The predicted molar refractivity (Wildman–Crippen MR) is 65.7 cm³/mol. The van der Waals surface area contributed by atoms with Crippen LogP contribution in [0.5, 0.6) is 0 Å². The minimum absolute atomic E-state index is 0.213. The number of hydrazone groups is 1. The highest BCUT2D eigenvalue weighted by molar-refractivity contribution is 5.57. The van der Waals surface area contributed by atoms with Crippen molar-refractivity contribution in [1.29, 1.82) is 0 Å².